The van der Waals surface area contributed by atoms with Crippen LogP contribution < -0.4 is 5.73 Å². The number of hydrogen-bond acceptors (Lipinski definition) is 3. The van der Waals surface area contributed by atoms with Crippen molar-refractivity contribution in [1.29, 1.82) is 0 Å². The first-order chi connectivity index (χ1) is 7.56. The molecule has 1 aromatic carbocycles. The minimum absolute atomic E-state index is 0.190. The van der Waals surface area contributed by atoms with Gasteiger partial charge in [-0.05, 0) is 18.6 Å². The maximum Gasteiger partial charge on any atom is 0.182 e. The zero-order valence-electron chi connectivity index (χ0n) is 8.87. The van der Waals surface area contributed by atoms with Gasteiger partial charge in [0.05, 0.1) is 11.6 Å². The van der Waals surface area contributed by atoms with Crippen molar-refractivity contribution in [1.82, 2.24) is 0 Å². The van der Waals surface area contributed by atoms with Crippen molar-refractivity contribution >= 4 is 5.78 Å². The molecule has 3 nitrogen and oxygen atoms in total. The Bertz CT molecular complexity index is 382. The molecule has 0 bridgehead atoms. The summed E-state index contributed by atoms with van der Waals surface area (Å²) < 4.78 is 30.6. The molecule has 0 aromatic heterocycles. The lowest BCUT2D eigenvalue weighted by molar-refractivity contribution is 0.0931. The monoisotopic (exact) mass is 229 g/mol. The molecule has 0 amide bonds. The summed E-state index contributed by atoms with van der Waals surface area (Å²) in [6, 6.07) is 1.95. The van der Waals surface area contributed by atoms with Crippen LogP contribution in [0.2, 0.25) is 0 Å². The second kappa shape index (κ2) is 5.67. The van der Waals surface area contributed by atoms with E-state index in [0.29, 0.717) is 19.1 Å². The third-order valence-electron chi connectivity index (χ3n) is 2.17. The van der Waals surface area contributed by atoms with E-state index in [4.69, 9.17) is 10.5 Å². The smallest absolute Gasteiger partial charge is 0.182 e. The molecule has 0 aliphatic carbocycles. The molecule has 0 aliphatic heterocycles. The molecule has 5 heteroatoms. The number of halogens is 2. The summed E-state index contributed by atoms with van der Waals surface area (Å²) in [5.41, 5.74) is 5.36. The van der Waals surface area contributed by atoms with E-state index in [1.54, 1.807) is 0 Å². The Morgan fingerprint density at radius 2 is 2.19 bits per heavy atom. The number of ketones is 1. The van der Waals surface area contributed by atoms with Crippen molar-refractivity contribution in [2.45, 2.75) is 12.5 Å². The van der Waals surface area contributed by atoms with Gasteiger partial charge in [-0.25, -0.2) is 8.78 Å². The molecule has 16 heavy (non-hydrogen) atoms. The van der Waals surface area contributed by atoms with E-state index in [1.165, 1.54) is 7.11 Å². The lowest BCUT2D eigenvalue weighted by atomic mass is 10.0. The van der Waals surface area contributed by atoms with Crippen LogP contribution in [-0.2, 0) is 4.74 Å². The molecule has 0 saturated carbocycles. The molecule has 0 fully saturated rings. The highest BCUT2D eigenvalue weighted by Crippen LogP contribution is 2.12. The van der Waals surface area contributed by atoms with Crippen LogP contribution in [0.15, 0.2) is 18.2 Å². The molecule has 1 aromatic rings. The molecule has 0 aliphatic rings. The summed E-state index contributed by atoms with van der Waals surface area (Å²) in [6.07, 6.45) is 0.298. The molecule has 0 spiro atoms. The standard InChI is InChI=1S/C11H13F2NO2/c1-16-5-4-10(14)11(15)8-3-2-7(12)6-9(8)13/h2-3,6,10H,4-5,14H2,1H3. The van der Waals surface area contributed by atoms with Crippen LogP contribution in [0.25, 0.3) is 0 Å². The first-order valence-corrected chi connectivity index (χ1v) is 4.80. The van der Waals surface area contributed by atoms with Gasteiger partial charge in [-0.15, -0.1) is 0 Å². The van der Waals surface area contributed by atoms with E-state index in [9.17, 15) is 13.6 Å². The van der Waals surface area contributed by atoms with Crippen LogP contribution in [0.1, 0.15) is 16.8 Å². The van der Waals surface area contributed by atoms with E-state index in [-0.39, 0.29) is 5.56 Å². The molecule has 0 radical (unpaired) electrons. The van der Waals surface area contributed by atoms with Crippen LogP contribution in [0.4, 0.5) is 8.78 Å². The van der Waals surface area contributed by atoms with Gasteiger partial charge >= 0.3 is 0 Å². The van der Waals surface area contributed by atoms with E-state index < -0.39 is 23.5 Å². The predicted molar refractivity (Wildman–Crippen MR) is 55.2 cm³/mol. The Morgan fingerprint density at radius 3 is 2.75 bits per heavy atom. The molecule has 0 heterocycles. The summed E-state index contributed by atoms with van der Waals surface area (Å²) in [4.78, 5) is 11.6. The summed E-state index contributed by atoms with van der Waals surface area (Å²) in [5.74, 6) is -2.16. The van der Waals surface area contributed by atoms with Crippen LogP contribution in [0.5, 0.6) is 0 Å². The van der Waals surface area contributed by atoms with Crippen molar-refractivity contribution in [3.05, 3.63) is 35.4 Å². The fourth-order valence-corrected chi connectivity index (χ4v) is 1.26. The zero-order valence-corrected chi connectivity index (χ0v) is 8.87. The van der Waals surface area contributed by atoms with Crippen LogP contribution >= 0.6 is 0 Å². The summed E-state index contributed by atoms with van der Waals surface area (Å²) >= 11 is 0. The van der Waals surface area contributed by atoms with Gasteiger partial charge in [0.25, 0.3) is 0 Å². The molecule has 1 rings (SSSR count). The highest BCUT2D eigenvalue weighted by molar-refractivity contribution is 6.00. The Balaban J connectivity index is 2.79. The number of carbonyl (C=O) groups is 1. The van der Waals surface area contributed by atoms with Gasteiger partial charge in [0.2, 0.25) is 0 Å². The Labute approximate surface area is 92.2 Å². The van der Waals surface area contributed by atoms with Gasteiger partial charge in [0.1, 0.15) is 11.6 Å². The number of methoxy groups -OCH3 is 1. The number of nitrogens with two attached hydrogens (primary N) is 1. The van der Waals surface area contributed by atoms with Crippen molar-refractivity contribution < 1.29 is 18.3 Å². The molecule has 1 atom stereocenters. The average Bonchev–Trinajstić information content (AvgIpc) is 2.25. The first-order valence-electron chi connectivity index (χ1n) is 4.80. The number of carbonyl (C=O) groups excluding carboxylic acids is 1. The largest absolute Gasteiger partial charge is 0.385 e. The Morgan fingerprint density at radius 1 is 1.50 bits per heavy atom. The quantitative estimate of drug-likeness (QED) is 0.779. The highest BCUT2D eigenvalue weighted by Gasteiger charge is 2.19. The summed E-state index contributed by atoms with van der Waals surface area (Å²) in [6.45, 7) is 0.315. The highest BCUT2D eigenvalue weighted by atomic mass is 19.1. The minimum Gasteiger partial charge on any atom is -0.385 e. The Hall–Kier alpha value is -1.33. The maximum atomic E-state index is 13.2. The lowest BCUT2D eigenvalue weighted by Gasteiger charge is -2.10. The molecule has 88 valence electrons. The number of hydrogen-bond donors (Lipinski definition) is 1. The number of benzene rings is 1. The molecular weight excluding hydrogens is 216 g/mol. The lowest BCUT2D eigenvalue weighted by Crippen LogP contribution is -2.32. The van der Waals surface area contributed by atoms with Crippen LogP contribution in [0.3, 0.4) is 0 Å². The normalized spacial score (nSPS) is 12.5. The van der Waals surface area contributed by atoms with Gasteiger partial charge in [-0.2, -0.15) is 0 Å². The molecular formula is C11H13F2NO2. The van der Waals surface area contributed by atoms with Gasteiger partial charge in [-0.3, -0.25) is 4.79 Å². The SMILES string of the molecule is COCCC(N)C(=O)c1ccc(F)cc1F. The van der Waals surface area contributed by atoms with E-state index in [1.807, 2.05) is 0 Å². The minimum atomic E-state index is -0.891. The summed E-state index contributed by atoms with van der Waals surface area (Å²) in [7, 11) is 1.48. The van der Waals surface area contributed by atoms with Gasteiger partial charge < -0.3 is 10.5 Å². The molecule has 2 N–H and O–H groups in total. The molecule has 1 unspecified atom stereocenters. The second-order valence-electron chi connectivity index (χ2n) is 3.38. The van der Waals surface area contributed by atoms with Crippen molar-refractivity contribution in [3.8, 4) is 0 Å². The van der Waals surface area contributed by atoms with E-state index in [0.717, 1.165) is 12.1 Å². The third-order valence-corrected chi connectivity index (χ3v) is 2.17. The van der Waals surface area contributed by atoms with Gasteiger partial charge in [-0.1, -0.05) is 0 Å². The summed E-state index contributed by atoms with van der Waals surface area (Å²) in [5, 5.41) is 0. The molecule has 0 saturated heterocycles. The van der Waals surface area contributed by atoms with Gasteiger partial charge in [0.15, 0.2) is 5.78 Å². The number of rotatable bonds is 5. The van der Waals surface area contributed by atoms with Crippen molar-refractivity contribution in [2.75, 3.05) is 13.7 Å². The number of Topliss-reactive ketones (excluding diaryl/α,β-unsaturated/α-hetero) is 1. The predicted octanol–water partition coefficient (Wildman–Crippen LogP) is 1.51. The van der Waals surface area contributed by atoms with Crippen LogP contribution in [0, 0.1) is 11.6 Å². The van der Waals surface area contributed by atoms with Crippen molar-refractivity contribution in [3.63, 3.8) is 0 Å². The zero-order chi connectivity index (χ0) is 12.1. The topological polar surface area (TPSA) is 52.3 Å². The van der Waals surface area contributed by atoms with Crippen molar-refractivity contribution in [2.24, 2.45) is 5.73 Å². The average molecular weight is 229 g/mol. The fourth-order valence-electron chi connectivity index (χ4n) is 1.26. The Kier molecular flexibility index (Phi) is 4.52. The van der Waals surface area contributed by atoms with Crippen LogP contribution in [-0.4, -0.2) is 25.5 Å². The van der Waals surface area contributed by atoms with E-state index in [2.05, 4.69) is 0 Å². The second-order valence-corrected chi connectivity index (χ2v) is 3.38. The maximum absolute atomic E-state index is 13.2. The fraction of sp³-hybridized carbons (Fsp3) is 0.364. The number of ether oxygens (including phenoxy) is 1. The third kappa shape index (κ3) is 3.08. The first kappa shape index (κ1) is 12.7. The van der Waals surface area contributed by atoms with Gasteiger partial charge in [0, 0.05) is 19.8 Å². The van der Waals surface area contributed by atoms with E-state index >= 15 is 0 Å².